The van der Waals surface area contributed by atoms with E-state index >= 15 is 0 Å². The van der Waals surface area contributed by atoms with Crippen molar-refractivity contribution in [3.05, 3.63) is 46.4 Å². The summed E-state index contributed by atoms with van der Waals surface area (Å²) in [6, 6.07) is 8.68. The zero-order valence-corrected chi connectivity index (χ0v) is 22.0. The fourth-order valence-electron chi connectivity index (χ4n) is 3.47. The zero-order valence-electron chi connectivity index (χ0n) is 18.1. The van der Waals surface area contributed by atoms with Crippen LogP contribution in [0.2, 0.25) is 0 Å². The lowest BCUT2D eigenvalue weighted by Crippen LogP contribution is -2.44. The fraction of sp³-hybridized carbons (Fsp3) is 0.524. The number of aryl methyl sites for hydroxylation is 1. The lowest BCUT2D eigenvalue weighted by atomic mass is 9.98. The van der Waals surface area contributed by atoms with E-state index in [0.717, 1.165) is 49.7 Å². The average Bonchev–Trinajstić information content (AvgIpc) is 3.25. The van der Waals surface area contributed by atoms with Crippen molar-refractivity contribution < 1.29 is 8.42 Å². The van der Waals surface area contributed by atoms with Gasteiger partial charge in [0.2, 0.25) is 10.0 Å². The summed E-state index contributed by atoms with van der Waals surface area (Å²) in [5.74, 6) is 1.21. The van der Waals surface area contributed by atoms with E-state index in [-0.39, 0.29) is 24.0 Å². The zero-order chi connectivity index (χ0) is 21.4. The average molecular weight is 578 g/mol. The molecule has 10 heteroatoms. The predicted octanol–water partition coefficient (Wildman–Crippen LogP) is 3.13. The topological polar surface area (TPSA) is 86.7 Å². The number of hydrogen-bond donors (Lipinski definition) is 2. The van der Waals surface area contributed by atoms with E-state index < -0.39 is 10.0 Å². The van der Waals surface area contributed by atoms with Gasteiger partial charge in [-0.2, -0.15) is 4.31 Å². The molecule has 1 aromatic heterocycles. The third-order valence-electron chi connectivity index (χ3n) is 5.32. The number of hydrogen-bond acceptors (Lipinski definition) is 5. The quantitative estimate of drug-likeness (QED) is 0.286. The second-order valence-corrected chi connectivity index (χ2v) is 10.5. The van der Waals surface area contributed by atoms with Crippen LogP contribution in [0.5, 0.6) is 0 Å². The highest BCUT2D eigenvalue weighted by atomic mass is 127. The monoisotopic (exact) mass is 577 g/mol. The number of thiazole rings is 1. The molecule has 0 radical (unpaired) electrons. The van der Waals surface area contributed by atoms with Crippen LogP contribution in [-0.4, -0.2) is 56.9 Å². The van der Waals surface area contributed by atoms with Gasteiger partial charge in [0.15, 0.2) is 5.96 Å². The van der Waals surface area contributed by atoms with Gasteiger partial charge in [-0.3, -0.25) is 4.99 Å². The second-order valence-electron chi connectivity index (χ2n) is 7.36. The highest BCUT2D eigenvalue weighted by Gasteiger charge is 2.29. The molecule has 0 bridgehead atoms. The number of rotatable bonds is 8. The maximum atomic E-state index is 12.7. The van der Waals surface area contributed by atoms with Crippen LogP contribution in [0.3, 0.4) is 0 Å². The van der Waals surface area contributed by atoms with Crippen LogP contribution in [0.1, 0.15) is 29.7 Å². The van der Waals surface area contributed by atoms with Gasteiger partial charge in [-0.05, 0) is 37.3 Å². The normalized spacial score (nSPS) is 16.0. The van der Waals surface area contributed by atoms with Crippen molar-refractivity contribution in [1.82, 2.24) is 19.9 Å². The van der Waals surface area contributed by atoms with Gasteiger partial charge < -0.3 is 10.6 Å². The molecule has 7 nitrogen and oxygen atoms in total. The molecule has 3 rings (SSSR count). The molecule has 31 heavy (non-hydrogen) atoms. The maximum absolute atomic E-state index is 12.7. The van der Waals surface area contributed by atoms with E-state index in [4.69, 9.17) is 0 Å². The van der Waals surface area contributed by atoms with E-state index in [1.165, 1.54) is 4.88 Å². The van der Waals surface area contributed by atoms with Gasteiger partial charge >= 0.3 is 0 Å². The molecule has 1 fully saturated rings. The minimum Gasteiger partial charge on any atom is -0.356 e. The van der Waals surface area contributed by atoms with Crippen molar-refractivity contribution >= 4 is 51.3 Å². The molecule has 172 valence electrons. The van der Waals surface area contributed by atoms with Gasteiger partial charge in [-0.25, -0.2) is 13.4 Å². The van der Waals surface area contributed by atoms with Crippen LogP contribution in [0.4, 0.5) is 0 Å². The van der Waals surface area contributed by atoms with Crippen molar-refractivity contribution in [3.63, 3.8) is 0 Å². The largest absolute Gasteiger partial charge is 0.356 e. The molecule has 0 amide bonds. The Labute approximate surface area is 206 Å². The molecule has 0 atom stereocenters. The summed E-state index contributed by atoms with van der Waals surface area (Å²) in [5.41, 5.74) is 0. The lowest BCUT2D eigenvalue weighted by molar-refractivity contribution is 0.273. The van der Waals surface area contributed by atoms with Crippen molar-refractivity contribution in [3.8, 4) is 0 Å². The van der Waals surface area contributed by atoms with Crippen molar-refractivity contribution in [2.45, 2.75) is 37.5 Å². The number of halogens is 1. The minimum atomic E-state index is -3.39. The van der Waals surface area contributed by atoms with Gasteiger partial charge in [0, 0.05) is 50.7 Å². The number of nitrogens with zero attached hydrogens (tertiary/aromatic N) is 3. The Bertz CT molecular complexity index is 926. The van der Waals surface area contributed by atoms with Crippen molar-refractivity contribution in [2.24, 2.45) is 10.9 Å². The number of benzene rings is 1. The lowest BCUT2D eigenvalue weighted by Gasteiger charge is -2.31. The first-order chi connectivity index (χ1) is 14.5. The van der Waals surface area contributed by atoms with Crippen LogP contribution in [0.15, 0.2) is 46.4 Å². The molecule has 1 aliphatic rings. The summed E-state index contributed by atoms with van der Waals surface area (Å²) in [7, 11) is -1.62. The Kier molecular flexibility index (Phi) is 10.7. The van der Waals surface area contributed by atoms with Gasteiger partial charge in [0.1, 0.15) is 0 Å². The molecule has 1 aliphatic heterocycles. The Hall–Kier alpha value is -1.24. The Morgan fingerprint density at radius 2 is 1.94 bits per heavy atom. The van der Waals surface area contributed by atoms with Crippen molar-refractivity contribution in [1.29, 1.82) is 0 Å². The maximum Gasteiger partial charge on any atom is 0.243 e. The summed E-state index contributed by atoms with van der Waals surface area (Å²) in [5, 5.41) is 7.86. The van der Waals surface area contributed by atoms with Gasteiger partial charge in [0.25, 0.3) is 0 Å². The van der Waals surface area contributed by atoms with Gasteiger partial charge in [-0.15, -0.1) is 35.3 Å². The number of guanidine groups is 1. The highest BCUT2D eigenvalue weighted by molar-refractivity contribution is 14.0. The van der Waals surface area contributed by atoms with Crippen LogP contribution < -0.4 is 10.6 Å². The highest BCUT2D eigenvalue weighted by Crippen LogP contribution is 2.23. The number of nitrogens with one attached hydrogen (secondary N) is 2. The van der Waals surface area contributed by atoms with E-state index in [2.05, 4.69) is 27.5 Å². The fourth-order valence-corrected chi connectivity index (χ4v) is 5.82. The van der Waals surface area contributed by atoms with E-state index in [1.54, 1.807) is 47.0 Å². The molecular formula is C21H32IN5O2S2. The van der Waals surface area contributed by atoms with E-state index in [1.807, 2.05) is 12.3 Å². The summed E-state index contributed by atoms with van der Waals surface area (Å²) in [4.78, 5) is 10.4. The molecule has 0 aliphatic carbocycles. The van der Waals surface area contributed by atoms with Gasteiger partial charge in [0.05, 0.1) is 9.90 Å². The molecule has 2 N–H and O–H groups in total. The SMILES string of the molecule is CCc1cnc(CCNC(=NC)NCC2CCN(S(=O)(=O)c3ccccc3)CC2)s1.I. The molecule has 1 saturated heterocycles. The van der Waals surface area contributed by atoms with Crippen LogP contribution in [-0.2, 0) is 22.9 Å². The summed E-state index contributed by atoms with van der Waals surface area (Å²) >= 11 is 1.76. The predicted molar refractivity (Wildman–Crippen MR) is 138 cm³/mol. The first-order valence-electron chi connectivity index (χ1n) is 10.5. The summed E-state index contributed by atoms with van der Waals surface area (Å²) in [6.45, 7) is 4.82. The first-order valence-corrected chi connectivity index (χ1v) is 12.7. The number of sulfonamides is 1. The summed E-state index contributed by atoms with van der Waals surface area (Å²) in [6.07, 6.45) is 5.54. The number of piperidine rings is 1. The molecule has 2 aromatic rings. The minimum absolute atomic E-state index is 0. The molecule has 1 aromatic carbocycles. The van der Waals surface area contributed by atoms with Gasteiger partial charge in [-0.1, -0.05) is 25.1 Å². The first kappa shape index (κ1) is 26.0. The summed E-state index contributed by atoms with van der Waals surface area (Å²) < 4.78 is 27.1. The Morgan fingerprint density at radius 3 is 2.55 bits per heavy atom. The number of aliphatic imine (C=N–C) groups is 1. The molecule has 0 unspecified atom stereocenters. The molecule has 0 saturated carbocycles. The van der Waals surface area contributed by atoms with E-state index in [0.29, 0.717) is 23.9 Å². The second kappa shape index (κ2) is 12.7. The number of aromatic nitrogens is 1. The third-order valence-corrected chi connectivity index (χ3v) is 8.43. The molecule has 2 heterocycles. The standard InChI is InChI=1S/C21H31N5O2S2.HI/c1-3-18-16-24-20(29-18)9-12-23-21(22-2)25-15-17-10-13-26(14-11-17)30(27,28)19-7-5-4-6-8-19;/h4-8,16-17H,3,9-15H2,1-2H3,(H2,22,23,25);1H. The van der Waals surface area contributed by atoms with Crippen molar-refractivity contribution in [2.75, 3.05) is 33.2 Å². The molecular weight excluding hydrogens is 545 g/mol. The smallest absolute Gasteiger partial charge is 0.243 e. The molecule has 0 spiro atoms. The third kappa shape index (κ3) is 7.40. The van der Waals surface area contributed by atoms with E-state index in [9.17, 15) is 8.42 Å². The van der Waals surface area contributed by atoms with Crippen LogP contribution >= 0.6 is 35.3 Å². The Morgan fingerprint density at radius 1 is 1.23 bits per heavy atom. The Balaban J connectivity index is 0.00000341. The van der Waals surface area contributed by atoms with Crippen LogP contribution in [0, 0.1) is 5.92 Å². The van der Waals surface area contributed by atoms with Crippen LogP contribution in [0.25, 0.3) is 0 Å².